The minimum Gasteiger partial charge on any atom is -0.497 e. The van der Waals surface area contributed by atoms with Gasteiger partial charge in [-0.25, -0.2) is 4.39 Å². The summed E-state index contributed by atoms with van der Waals surface area (Å²) in [6.45, 7) is 1.81. The van der Waals surface area contributed by atoms with Crippen LogP contribution >= 0.6 is 0 Å². The molecule has 0 aliphatic heterocycles. The molecule has 0 radical (unpaired) electrons. The number of anilines is 1. The average Bonchev–Trinajstić information content (AvgIpc) is 3.09. The van der Waals surface area contributed by atoms with Crippen LogP contribution in [0.5, 0.6) is 5.75 Å². The van der Waals surface area contributed by atoms with Crippen molar-refractivity contribution in [3.8, 4) is 5.75 Å². The lowest BCUT2D eigenvalue weighted by Crippen LogP contribution is -2.13. The Bertz CT molecular complexity index is 1260. The molecule has 0 aliphatic carbocycles. The summed E-state index contributed by atoms with van der Waals surface area (Å²) in [5.41, 5.74) is 2.02. The predicted octanol–water partition coefficient (Wildman–Crippen LogP) is 5.37. The number of fused-ring (bicyclic) bond motifs is 1. The molecule has 6 heteroatoms. The van der Waals surface area contributed by atoms with Gasteiger partial charge in [0.05, 0.1) is 12.7 Å². The fourth-order valence-corrected chi connectivity index (χ4v) is 3.24. The van der Waals surface area contributed by atoms with Crippen molar-refractivity contribution in [2.45, 2.75) is 6.92 Å². The number of furan rings is 1. The van der Waals surface area contributed by atoms with Gasteiger partial charge in [0.1, 0.15) is 17.1 Å². The van der Waals surface area contributed by atoms with Gasteiger partial charge in [-0.2, -0.15) is 0 Å². The molecule has 0 saturated carbocycles. The van der Waals surface area contributed by atoms with E-state index in [1.807, 2.05) is 0 Å². The first-order valence-electron chi connectivity index (χ1n) is 9.25. The third-order valence-corrected chi connectivity index (χ3v) is 4.87. The molecule has 30 heavy (non-hydrogen) atoms. The summed E-state index contributed by atoms with van der Waals surface area (Å²) >= 11 is 0. The Morgan fingerprint density at radius 2 is 1.73 bits per heavy atom. The number of ketones is 1. The molecule has 0 saturated heterocycles. The molecule has 0 unspecified atom stereocenters. The van der Waals surface area contributed by atoms with Crippen LogP contribution in [0.4, 0.5) is 10.1 Å². The van der Waals surface area contributed by atoms with Crippen LogP contribution in [0.15, 0.2) is 71.1 Å². The summed E-state index contributed by atoms with van der Waals surface area (Å²) in [6, 6.07) is 17.6. The summed E-state index contributed by atoms with van der Waals surface area (Å²) in [4.78, 5) is 25.2. The first kappa shape index (κ1) is 19.4. The van der Waals surface area contributed by atoms with Gasteiger partial charge in [-0.1, -0.05) is 12.1 Å². The molecule has 0 aliphatic rings. The van der Waals surface area contributed by atoms with E-state index >= 15 is 0 Å². The number of halogens is 1. The highest BCUT2D eigenvalue weighted by Crippen LogP contribution is 2.30. The Hall–Kier alpha value is -3.93. The number of carbonyl (C=O) groups is 2. The first-order chi connectivity index (χ1) is 14.5. The lowest BCUT2D eigenvalue weighted by Gasteiger charge is -2.06. The minimum absolute atomic E-state index is 0.0522. The zero-order valence-electron chi connectivity index (χ0n) is 16.4. The SMILES string of the molecule is COc1ccc(C(=O)c2oc3cc(NC(=O)c4ccccc4F)ccc3c2C)cc1. The molecule has 0 spiro atoms. The number of nitrogens with one attached hydrogen (secondary N) is 1. The fraction of sp³-hybridized carbons (Fsp3) is 0.0833. The number of amides is 1. The molecular formula is C24H18FNO4. The Morgan fingerprint density at radius 1 is 1.00 bits per heavy atom. The molecular weight excluding hydrogens is 385 g/mol. The Balaban J connectivity index is 1.63. The highest BCUT2D eigenvalue weighted by Gasteiger charge is 2.20. The van der Waals surface area contributed by atoms with Gasteiger partial charge in [-0.3, -0.25) is 9.59 Å². The lowest BCUT2D eigenvalue weighted by atomic mass is 10.0. The van der Waals surface area contributed by atoms with Crippen molar-refractivity contribution in [2.75, 3.05) is 12.4 Å². The standard InChI is InChI=1S/C24H18FNO4/c1-14-18-12-9-16(26-24(28)19-5-3-4-6-20(19)25)13-21(18)30-23(14)22(27)15-7-10-17(29-2)11-8-15/h3-13H,1-2H3,(H,26,28). The maximum atomic E-state index is 13.8. The van der Waals surface area contributed by atoms with E-state index in [1.54, 1.807) is 62.6 Å². The van der Waals surface area contributed by atoms with Crippen LogP contribution in [0.1, 0.15) is 32.0 Å². The van der Waals surface area contributed by atoms with Gasteiger partial charge in [0.15, 0.2) is 5.76 Å². The number of ether oxygens (including phenoxy) is 1. The summed E-state index contributed by atoms with van der Waals surface area (Å²) < 4.78 is 24.8. The van der Waals surface area contributed by atoms with Crippen molar-refractivity contribution >= 4 is 28.3 Å². The van der Waals surface area contributed by atoms with Crippen LogP contribution in [0.3, 0.4) is 0 Å². The second-order valence-corrected chi connectivity index (χ2v) is 6.76. The number of aryl methyl sites for hydroxylation is 1. The molecule has 4 rings (SSSR count). The van der Waals surface area contributed by atoms with E-state index in [-0.39, 0.29) is 17.1 Å². The molecule has 0 fully saturated rings. The summed E-state index contributed by atoms with van der Waals surface area (Å²) in [5, 5.41) is 3.42. The number of carbonyl (C=O) groups excluding carboxylic acids is 2. The zero-order valence-corrected chi connectivity index (χ0v) is 16.4. The predicted molar refractivity (Wildman–Crippen MR) is 112 cm³/mol. The topological polar surface area (TPSA) is 68.5 Å². The van der Waals surface area contributed by atoms with Gasteiger partial charge in [0.25, 0.3) is 5.91 Å². The largest absolute Gasteiger partial charge is 0.497 e. The van der Waals surface area contributed by atoms with Crippen LogP contribution in [0, 0.1) is 12.7 Å². The van der Waals surface area contributed by atoms with Gasteiger partial charge in [0, 0.05) is 28.3 Å². The van der Waals surface area contributed by atoms with Crippen molar-refractivity contribution in [3.63, 3.8) is 0 Å². The second kappa shape index (κ2) is 7.83. The molecule has 150 valence electrons. The number of rotatable bonds is 5. The quantitative estimate of drug-likeness (QED) is 0.455. The van der Waals surface area contributed by atoms with Gasteiger partial charge in [0.2, 0.25) is 5.78 Å². The molecule has 1 amide bonds. The smallest absolute Gasteiger partial charge is 0.258 e. The Kier molecular flexibility index (Phi) is 5.06. The van der Waals surface area contributed by atoms with Gasteiger partial charge in [-0.15, -0.1) is 0 Å². The van der Waals surface area contributed by atoms with Crippen molar-refractivity contribution < 1.29 is 23.1 Å². The third kappa shape index (κ3) is 3.55. The summed E-state index contributed by atoms with van der Waals surface area (Å²) in [6.07, 6.45) is 0. The molecule has 0 bridgehead atoms. The maximum absolute atomic E-state index is 13.8. The van der Waals surface area contributed by atoms with Gasteiger partial charge >= 0.3 is 0 Å². The van der Waals surface area contributed by atoms with E-state index in [0.29, 0.717) is 28.1 Å². The maximum Gasteiger partial charge on any atom is 0.258 e. The number of benzene rings is 3. The van der Waals surface area contributed by atoms with E-state index in [1.165, 1.54) is 18.2 Å². The number of methoxy groups -OCH3 is 1. The monoisotopic (exact) mass is 403 g/mol. The Morgan fingerprint density at radius 3 is 2.43 bits per heavy atom. The highest BCUT2D eigenvalue weighted by atomic mass is 19.1. The lowest BCUT2D eigenvalue weighted by molar-refractivity contribution is 0.100. The summed E-state index contributed by atoms with van der Waals surface area (Å²) in [7, 11) is 1.56. The molecule has 1 heterocycles. The number of hydrogen-bond acceptors (Lipinski definition) is 4. The van der Waals surface area contributed by atoms with Gasteiger partial charge < -0.3 is 14.5 Å². The van der Waals surface area contributed by atoms with Crippen molar-refractivity contribution in [2.24, 2.45) is 0 Å². The van der Waals surface area contributed by atoms with E-state index < -0.39 is 11.7 Å². The van der Waals surface area contributed by atoms with Crippen molar-refractivity contribution in [1.29, 1.82) is 0 Å². The molecule has 1 N–H and O–H groups in total. The van der Waals surface area contributed by atoms with Gasteiger partial charge in [-0.05, 0) is 55.5 Å². The zero-order chi connectivity index (χ0) is 21.3. The highest BCUT2D eigenvalue weighted by molar-refractivity contribution is 6.11. The Labute approximate surface area is 172 Å². The van der Waals surface area contributed by atoms with Crippen LogP contribution in [0.25, 0.3) is 11.0 Å². The normalized spacial score (nSPS) is 10.8. The molecule has 4 aromatic rings. The molecule has 5 nitrogen and oxygen atoms in total. The first-order valence-corrected chi connectivity index (χ1v) is 9.25. The minimum atomic E-state index is -0.600. The second-order valence-electron chi connectivity index (χ2n) is 6.76. The fourth-order valence-electron chi connectivity index (χ4n) is 3.24. The van der Waals surface area contributed by atoms with Crippen molar-refractivity contribution in [3.05, 3.63) is 95.0 Å². The van der Waals surface area contributed by atoms with Crippen molar-refractivity contribution in [1.82, 2.24) is 0 Å². The average molecular weight is 403 g/mol. The number of hydrogen-bond donors (Lipinski definition) is 1. The summed E-state index contributed by atoms with van der Waals surface area (Å²) in [5.74, 6) is -0.526. The molecule has 1 aromatic heterocycles. The van der Waals surface area contributed by atoms with Crippen LogP contribution in [0.2, 0.25) is 0 Å². The van der Waals surface area contributed by atoms with Crippen LogP contribution < -0.4 is 10.1 Å². The van der Waals surface area contributed by atoms with E-state index in [4.69, 9.17) is 9.15 Å². The third-order valence-electron chi connectivity index (χ3n) is 4.87. The van der Waals surface area contributed by atoms with E-state index in [0.717, 1.165) is 5.39 Å². The van der Waals surface area contributed by atoms with Crippen LogP contribution in [-0.4, -0.2) is 18.8 Å². The van der Waals surface area contributed by atoms with E-state index in [2.05, 4.69) is 5.32 Å². The van der Waals surface area contributed by atoms with E-state index in [9.17, 15) is 14.0 Å². The van der Waals surface area contributed by atoms with Crippen LogP contribution in [-0.2, 0) is 0 Å². The molecule has 0 atom stereocenters. The molecule has 3 aromatic carbocycles.